The lowest BCUT2D eigenvalue weighted by atomic mass is 10.0. The second-order valence-corrected chi connectivity index (χ2v) is 3.07. The van der Waals surface area contributed by atoms with Crippen molar-refractivity contribution in [2.75, 3.05) is 6.54 Å². The van der Waals surface area contributed by atoms with Gasteiger partial charge < -0.3 is 5.32 Å². The molecular formula is C8H9ClN2. The van der Waals surface area contributed by atoms with E-state index in [-0.39, 0.29) is 0 Å². The number of nitrogens with one attached hydrogen (secondary N) is 1. The van der Waals surface area contributed by atoms with Gasteiger partial charge in [0.15, 0.2) is 0 Å². The van der Waals surface area contributed by atoms with Gasteiger partial charge in [0.1, 0.15) is 0 Å². The van der Waals surface area contributed by atoms with Gasteiger partial charge in [0, 0.05) is 6.20 Å². The summed E-state index contributed by atoms with van der Waals surface area (Å²) < 4.78 is 0. The third kappa shape index (κ3) is 1.24. The Balaban J connectivity index is 2.28. The Morgan fingerprint density at radius 1 is 1.64 bits per heavy atom. The Kier molecular flexibility index (Phi) is 1.80. The van der Waals surface area contributed by atoms with Gasteiger partial charge >= 0.3 is 0 Å². The zero-order valence-corrected chi connectivity index (χ0v) is 6.80. The van der Waals surface area contributed by atoms with Crippen molar-refractivity contribution in [3.63, 3.8) is 0 Å². The predicted octanol–water partition coefficient (Wildman–Crippen LogP) is 1.77. The van der Waals surface area contributed by atoms with Crippen LogP contribution in [0.15, 0.2) is 18.3 Å². The number of hydrogen-bond donors (Lipinski definition) is 1. The Morgan fingerprint density at radius 3 is 3.00 bits per heavy atom. The van der Waals surface area contributed by atoms with Gasteiger partial charge in [-0.3, -0.25) is 4.98 Å². The van der Waals surface area contributed by atoms with Gasteiger partial charge in [-0.05, 0) is 25.1 Å². The van der Waals surface area contributed by atoms with Crippen LogP contribution in [0.5, 0.6) is 0 Å². The van der Waals surface area contributed by atoms with Crippen LogP contribution < -0.4 is 5.32 Å². The van der Waals surface area contributed by atoms with Crippen molar-refractivity contribution in [3.05, 3.63) is 29.0 Å². The smallest absolute Gasteiger partial charge is 0.0759 e. The first-order chi connectivity index (χ1) is 5.38. The molecule has 1 saturated heterocycles. The van der Waals surface area contributed by atoms with E-state index in [1.807, 2.05) is 12.1 Å². The number of nitrogens with zero attached hydrogens (tertiary/aromatic N) is 1. The SMILES string of the molecule is Clc1cccnc1[C@@H]1CCN1. The lowest BCUT2D eigenvalue weighted by Crippen LogP contribution is -2.35. The number of halogens is 1. The summed E-state index contributed by atoms with van der Waals surface area (Å²) >= 11 is 5.93. The maximum absolute atomic E-state index is 5.93. The minimum absolute atomic E-state index is 0.392. The molecule has 2 rings (SSSR count). The first-order valence-electron chi connectivity index (χ1n) is 3.72. The Labute approximate surface area is 70.6 Å². The molecule has 2 nitrogen and oxygen atoms in total. The van der Waals surface area contributed by atoms with Crippen molar-refractivity contribution in [3.8, 4) is 0 Å². The highest BCUT2D eigenvalue weighted by Crippen LogP contribution is 2.26. The van der Waals surface area contributed by atoms with E-state index in [1.54, 1.807) is 6.20 Å². The first-order valence-corrected chi connectivity index (χ1v) is 4.09. The summed E-state index contributed by atoms with van der Waals surface area (Å²) in [6.07, 6.45) is 2.93. The van der Waals surface area contributed by atoms with Crippen molar-refractivity contribution in [1.29, 1.82) is 0 Å². The van der Waals surface area contributed by atoms with E-state index in [0.717, 1.165) is 23.7 Å². The van der Waals surface area contributed by atoms with Crippen LogP contribution in [0.25, 0.3) is 0 Å². The summed E-state index contributed by atoms with van der Waals surface area (Å²) in [4.78, 5) is 4.21. The molecule has 1 aliphatic rings. The summed E-state index contributed by atoms with van der Waals surface area (Å²) in [5.41, 5.74) is 0.986. The highest BCUT2D eigenvalue weighted by atomic mass is 35.5. The fourth-order valence-corrected chi connectivity index (χ4v) is 1.43. The summed E-state index contributed by atoms with van der Waals surface area (Å²) in [6.45, 7) is 1.08. The quantitative estimate of drug-likeness (QED) is 0.692. The van der Waals surface area contributed by atoms with Crippen LogP contribution in [0.3, 0.4) is 0 Å². The molecule has 1 N–H and O–H groups in total. The van der Waals surface area contributed by atoms with Crippen LogP contribution >= 0.6 is 11.6 Å². The van der Waals surface area contributed by atoms with Gasteiger partial charge in [0.05, 0.1) is 16.8 Å². The zero-order chi connectivity index (χ0) is 7.68. The third-order valence-electron chi connectivity index (χ3n) is 1.94. The van der Waals surface area contributed by atoms with Crippen LogP contribution in [0.2, 0.25) is 5.02 Å². The molecule has 58 valence electrons. The molecule has 0 aliphatic carbocycles. The monoisotopic (exact) mass is 168 g/mol. The molecule has 1 aromatic rings. The van der Waals surface area contributed by atoms with Crippen molar-refractivity contribution >= 4 is 11.6 Å². The molecule has 1 atom stereocenters. The van der Waals surface area contributed by atoms with Gasteiger partial charge in [-0.2, -0.15) is 0 Å². The molecule has 0 radical (unpaired) electrons. The molecule has 1 aliphatic heterocycles. The van der Waals surface area contributed by atoms with Crippen LogP contribution in [-0.2, 0) is 0 Å². The van der Waals surface area contributed by atoms with Crippen LogP contribution in [0.1, 0.15) is 18.2 Å². The largest absolute Gasteiger partial charge is 0.308 e. The predicted molar refractivity (Wildman–Crippen MR) is 44.6 cm³/mol. The highest BCUT2D eigenvalue weighted by Gasteiger charge is 2.21. The number of rotatable bonds is 1. The molecular weight excluding hydrogens is 160 g/mol. The number of pyridine rings is 1. The fourth-order valence-electron chi connectivity index (χ4n) is 1.18. The topological polar surface area (TPSA) is 24.9 Å². The average Bonchev–Trinajstić information content (AvgIpc) is 1.90. The lowest BCUT2D eigenvalue weighted by molar-refractivity contribution is 0.375. The molecule has 2 heterocycles. The third-order valence-corrected chi connectivity index (χ3v) is 2.26. The van der Waals surface area contributed by atoms with Crippen molar-refractivity contribution in [1.82, 2.24) is 10.3 Å². The summed E-state index contributed by atoms with van der Waals surface area (Å²) in [5, 5.41) is 4.02. The standard InChI is InChI=1S/C8H9ClN2/c9-6-2-1-4-11-8(6)7-3-5-10-7/h1-2,4,7,10H,3,5H2/t7-/m0/s1. The van der Waals surface area contributed by atoms with Crippen molar-refractivity contribution in [2.24, 2.45) is 0 Å². The zero-order valence-electron chi connectivity index (χ0n) is 6.05. The van der Waals surface area contributed by atoms with E-state index >= 15 is 0 Å². The molecule has 0 unspecified atom stereocenters. The number of hydrogen-bond acceptors (Lipinski definition) is 2. The number of aromatic nitrogens is 1. The molecule has 11 heavy (non-hydrogen) atoms. The summed E-state index contributed by atoms with van der Waals surface area (Å²) in [5.74, 6) is 0. The molecule has 1 aromatic heterocycles. The Hall–Kier alpha value is -0.600. The van der Waals surface area contributed by atoms with Gasteiger partial charge in [0.2, 0.25) is 0 Å². The minimum atomic E-state index is 0.392. The van der Waals surface area contributed by atoms with E-state index in [9.17, 15) is 0 Å². The molecule has 0 amide bonds. The Morgan fingerprint density at radius 2 is 2.45 bits per heavy atom. The van der Waals surface area contributed by atoms with Gasteiger partial charge in [-0.25, -0.2) is 0 Å². The highest BCUT2D eigenvalue weighted by molar-refractivity contribution is 6.31. The van der Waals surface area contributed by atoms with Crippen molar-refractivity contribution in [2.45, 2.75) is 12.5 Å². The van der Waals surface area contributed by atoms with E-state index in [1.165, 1.54) is 0 Å². The normalized spacial score (nSPS) is 22.8. The van der Waals surface area contributed by atoms with Crippen LogP contribution in [0.4, 0.5) is 0 Å². The second kappa shape index (κ2) is 2.80. The van der Waals surface area contributed by atoms with Crippen LogP contribution in [-0.4, -0.2) is 11.5 Å². The fraction of sp³-hybridized carbons (Fsp3) is 0.375. The molecule has 0 saturated carbocycles. The van der Waals surface area contributed by atoms with Gasteiger partial charge in [-0.15, -0.1) is 0 Å². The maximum Gasteiger partial charge on any atom is 0.0759 e. The van der Waals surface area contributed by atoms with Crippen LogP contribution in [0, 0.1) is 0 Å². The van der Waals surface area contributed by atoms with E-state index < -0.39 is 0 Å². The van der Waals surface area contributed by atoms with E-state index in [2.05, 4.69) is 10.3 Å². The van der Waals surface area contributed by atoms with Crippen molar-refractivity contribution < 1.29 is 0 Å². The summed E-state index contributed by atoms with van der Waals surface area (Å²) in [7, 11) is 0. The van der Waals surface area contributed by atoms with E-state index in [0.29, 0.717) is 6.04 Å². The molecule has 3 heteroatoms. The molecule has 0 aromatic carbocycles. The first kappa shape index (κ1) is 7.07. The minimum Gasteiger partial charge on any atom is -0.308 e. The second-order valence-electron chi connectivity index (χ2n) is 2.67. The van der Waals surface area contributed by atoms with Gasteiger partial charge in [0.25, 0.3) is 0 Å². The average molecular weight is 169 g/mol. The molecule has 1 fully saturated rings. The van der Waals surface area contributed by atoms with Gasteiger partial charge in [-0.1, -0.05) is 11.6 Å². The summed E-state index contributed by atoms with van der Waals surface area (Å²) in [6, 6.07) is 4.12. The maximum atomic E-state index is 5.93. The molecule has 0 spiro atoms. The lowest BCUT2D eigenvalue weighted by Gasteiger charge is -2.27. The molecule has 0 bridgehead atoms. The van der Waals surface area contributed by atoms with E-state index in [4.69, 9.17) is 11.6 Å². The Bertz CT molecular complexity index is 258.